The number of nitrogen functional groups attached to an aromatic ring is 1. The molecule has 2 fully saturated rings. The molecule has 0 bridgehead atoms. The molecule has 2 unspecified atom stereocenters. The SMILES string of the molecule is CC1CN(c2c(F)cc3c(=O)n(N)c(=O)n(C4CC4)c3c2Cl)CC1CN.Cl. The number of rotatable bonds is 3. The zero-order valence-electron chi connectivity index (χ0n) is 14.8. The van der Waals surface area contributed by atoms with Gasteiger partial charge in [-0.1, -0.05) is 18.5 Å². The maximum Gasteiger partial charge on any atom is 0.350 e. The summed E-state index contributed by atoms with van der Waals surface area (Å²) < 4.78 is 16.9. The zero-order chi connectivity index (χ0) is 18.7. The normalized spacial score (nSPS) is 22.3. The lowest BCUT2D eigenvalue weighted by Crippen LogP contribution is -2.44. The van der Waals surface area contributed by atoms with Crippen molar-refractivity contribution in [1.82, 2.24) is 9.24 Å². The van der Waals surface area contributed by atoms with Gasteiger partial charge in [0, 0.05) is 19.1 Å². The van der Waals surface area contributed by atoms with Crippen LogP contribution in [0, 0.1) is 17.7 Å². The van der Waals surface area contributed by atoms with Gasteiger partial charge in [0.25, 0.3) is 5.56 Å². The Morgan fingerprint density at radius 2 is 1.96 bits per heavy atom. The van der Waals surface area contributed by atoms with Crippen molar-refractivity contribution in [1.29, 1.82) is 0 Å². The number of hydrogen-bond acceptors (Lipinski definition) is 5. The monoisotopic (exact) mass is 417 g/mol. The number of aromatic nitrogens is 2. The summed E-state index contributed by atoms with van der Waals surface area (Å²) in [5, 5.41) is 0.111. The van der Waals surface area contributed by atoms with E-state index in [1.807, 2.05) is 4.90 Å². The summed E-state index contributed by atoms with van der Waals surface area (Å²) in [6, 6.07) is 1.08. The van der Waals surface area contributed by atoms with Gasteiger partial charge in [0.2, 0.25) is 0 Å². The highest BCUT2D eigenvalue weighted by atomic mass is 35.5. The van der Waals surface area contributed by atoms with E-state index in [4.69, 9.17) is 23.2 Å². The molecule has 2 aromatic rings. The number of nitrogens with two attached hydrogens (primary N) is 2. The molecule has 1 aromatic carbocycles. The van der Waals surface area contributed by atoms with E-state index in [0.29, 0.717) is 30.2 Å². The number of anilines is 1. The van der Waals surface area contributed by atoms with Crippen LogP contribution in [0.25, 0.3) is 10.9 Å². The molecule has 1 saturated carbocycles. The molecule has 2 atom stereocenters. The number of hydrogen-bond donors (Lipinski definition) is 2. The Balaban J connectivity index is 0.00000210. The number of benzene rings is 1. The topological polar surface area (TPSA) is 99.3 Å². The molecule has 148 valence electrons. The number of halogens is 3. The highest BCUT2D eigenvalue weighted by molar-refractivity contribution is 6.38. The van der Waals surface area contributed by atoms with E-state index in [-0.39, 0.29) is 46.0 Å². The van der Waals surface area contributed by atoms with E-state index in [1.165, 1.54) is 4.57 Å². The minimum Gasteiger partial charge on any atom is -0.367 e. The fourth-order valence-electron chi connectivity index (χ4n) is 3.91. The van der Waals surface area contributed by atoms with Crippen LogP contribution in [0.4, 0.5) is 10.1 Å². The van der Waals surface area contributed by atoms with E-state index < -0.39 is 17.1 Å². The fourth-order valence-corrected chi connectivity index (χ4v) is 4.31. The number of nitrogens with zero attached hydrogens (tertiary/aromatic N) is 3. The van der Waals surface area contributed by atoms with Crippen LogP contribution in [0.15, 0.2) is 15.7 Å². The van der Waals surface area contributed by atoms with E-state index in [1.54, 1.807) is 0 Å². The van der Waals surface area contributed by atoms with Gasteiger partial charge < -0.3 is 16.5 Å². The average Bonchev–Trinajstić information content (AvgIpc) is 3.37. The molecular weight excluding hydrogens is 396 g/mol. The third-order valence-corrected chi connectivity index (χ3v) is 5.93. The summed E-state index contributed by atoms with van der Waals surface area (Å²) in [4.78, 5) is 26.8. The second-order valence-electron chi connectivity index (χ2n) is 7.35. The van der Waals surface area contributed by atoms with Gasteiger partial charge in [-0.15, -0.1) is 12.4 Å². The maximum atomic E-state index is 14.9. The highest BCUT2D eigenvalue weighted by Crippen LogP contribution is 2.42. The van der Waals surface area contributed by atoms with Crippen LogP contribution in [-0.2, 0) is 0 Å². The molecule has 1 aliphatic heterocycles. The predicted molar refractivity (Wildman–Crippen MR) is 107 cm³/mol. The number of fused-ring (bicyclic) bond motifs is 1. The van der Waals surface area contributed by atoms with Gasteiger partial charge in [0.1, 0.15) is 5.82 Å². The Kier molecular flexibility index (Phi) is 5.18. The van der Waals surface area contributed by atoms with Crippen LogP contribution in [0.3, 0.4) is 0 Å². The van der Waals surface area contributed by atoms with Gasteiger partial charge in [-0.3, -0.25) is 9.36 Å². The molecule has 27 heavy (non-hydrogen) atoms. The Morgan fingerprint density at radius 1 is 1.30 bits per heavy atom. The van der Waals surface area contributed by atoms with Crippen molar-refractivity contribution in [3.05, 3.63) is 37.7 Å². The van der Waals surface area contributed by atoms with E-state index >= 15 is 0 Å². The van der Waals surface area contributed by atoms with Crippen LogP contribution in [-0.4, -0.2) is 28.9 Å². The standard InChI is InChI=1S/C17H21ClFN5O2.ClH/c1-8-6-22(7-9(8)5-20)15-12(19)4-11-14(13(15)18)23(10-2-3-10)17(26)24(21)16(11)25;/h4,8-10H,2-3,5-7,20-21H2,1H3;1H. The lowest BCUT2D eigenvalue weighted by atomic mass is 9.99. The van der Waals surface area contributed by atoms with Gasteiger partial charge in [-0.05, 0) is 37.3 Å². The molecule has 1 saturated heterocycles. The Labute approximate surface area is 166 Å². The van der Waals surface area contributed by atoms with Gasteiger partial charge in [-0.25, -0.2) is 9.18 Å². The first-order valence-corrected chi connectivity index (χ1v) is 9.12. The lowest BCUT2D eigenvalue weighted by molar-refractivity contribution is 0.463. The minimum absolute atomic E-state index is 0. The first-order valence-electron chi connectivity index (χ1n) is 8.74. The van der Waals surface area contributed by atoms with Crippen molar-refractivity contribution in [2.45, 2.75) is 25.8 Å². The first-order chi connectivity index (χ1) is 12.3. The van der Waals surface area contributed by atoms with Gasteiger partial charge >= 0.3 is 5.69 Å². The van der Waals surface area contributed by atoms with Crippen LogP contribution in [0.1, 0.15) is 25.8 Å². The van der Waals surface area contributed by atoms with Gasteiger partial charge in [0.05, 0.1) is 21.6 Å². The zero-order valence-corrected chi connectivity index (χ0v) is 16.4. The molecule has 10 heteroatoms. The molecule has 4 N–H and O–H groups in total. The van der Waals surface area contributed by atoms with Crippen LogP contribution in [0.2, 0.25) is 5.02 Å². The summed E-state index contributed by atoms with van der Waals surface area (Å²) in [7, 11) is 0. The van der Waals surface area contributed by atoms with E-state index in [9.17, 15) is 14.0 Å². The molecule has 1 aromatic heterocycles. The van der Waals surface area contributed by atoms with E-state index in [0.717, 1.165) is 18.9 Å². The van der Waals surface area contributed by atoms with Crippen molar-refractivity contribution in [3.63, 3.8) is 0 Å². The summed E-state index contributed by atoms with van der Waals surface area (Å²) >= 11 is 6.58. The van der Waals surface area contributed by atoms with Crippen LogP contribution in [0.5, 0.6) is 0 Å². The molecule has 0 radical (unpaired) electrons. The van der Waals surface area contributed by atoms with Crippen molar-refractivity contribution in [2.75, 3.05) is 30.4 Å². The third-order valence-electron chi connectivity index (χ3n) is 5.57. The van der Waals surface area contributed by atoms with Crippen LogP contribution < -0.4 is 27.7 Å². The summed E-state index contributed by atoms with van der Waals surface area (Å²) in [6.45, 7) is 3.78. The molecule has 2 heterocycles. The molecule has 1 aliphatic carbocycles. The fraction of sp³-hybridized carbons (Fsp3) is 0.529. The predicted octanol–water partition coefficient (Wildman–Crippen LogP) is 1.46. The Morgan fingerprint density at radius 3 is 2.52 bits per heavy atom. The summed E-state index contributed by atoms with van der Waals surface area (Å²) in [5.41, 5.74) is 4.93. The average molecular weight is 418 g/mol. The molecule has 4 rings (SSSR count). The Bertz CT molecular complexity index is 1020. The third kappa shape index (κ3) is 2.99. The summed E-state index contributed by atoms with van der Waals surface area (Å²) in [5.74, 6) is 5.56. The van der Waals surface area contributed by atoms with Gasteiger partial charge in [0.15, 0.2) is 0 Å². The highest BCUT2D eigenvalue weighted by Gasteiger charge is 2.34. The van der Waals surface area contributed by atoms with Crippen molar-refractivity contribution >= 4 is 40.6 Å². The first kappa shape index (κ1) is 20.0. The molecule has 0 spiro atoms. The van der Waals surface area contributed by atoms with Gasteiger partial charge in [-0.2, -0.15) is 4.68 Å². The smallest absolute Gasteiger partial charge is 0.350 e. The second-order valence-corrected chi connectivity index (χ2v) is 7.73. The van der Waals surface area contributed by atoms with Crippen molar-refractivity contribution in [2.24, 2.45) is 17.6 Å². The maximum absolute atomic E-state index is 14.9. The molecular formula is C17H22Cl2FN5O2. The Hall–Kier alpha value is -1.77. The van der Waals surface area contributed by atoms with Crippen molar-refractivity contribution < 1.29 is 4.39 Å². The van der Waals surface area contributed by atoms with Crippen LogP contribution >= 0.6 is 24.0 Å². The lowest BCUT2D eigenvalue weighted by Gasteiger charge is -2.23. The van der Waals surface area contributed by atoms with E-state index in [2.05, 4.69) is 6.92 Å². The summed E-state index contributed by atoms with van der Waals surface area (Å²) in [6.07, 6.45) is 1.60. The molecule has 2 aliphatic rings. The second kappa shape index (κ2) is 7.00. The largest absolute Gasteiger partial charge is 0.367 e. The van der Waals surface area contributed by atoms with Crippen molar-refractivity contribution in [3.8, 4) is 0 Å². The quantitative estimate of drug-likeness (QED) is 0.736. The molecule has 7 nitrogen and oxygen atoms in total. The minimum atomic E-state index is -0.746. The molecule has 0 amide bonds.